The number of halogens is 2. The number of hydrogen-bond acceptors (Lipinski definition) is 4. The molecule has 0 saturated carbocycles. The van der Waals surface area contributed by atoms with Crippen molar-refractivity contribution >= 4 is 22.9 Å². The Balaban J connectivity index is 2.56. The van der Waals surface area contributed by atoms with Crippen LogP contribution in [-0.4, -0.2) is 22.5 Å². The van der Waals surface area contributed by atoms with Crippen LogP contribution in [-0.2, 0) is 4.79 Å². The minimum absolute atomic E-state index is 0.0381. The van der Waals surface area contributed by atoms with Crippen LogP contribution in [0, 0.1) is 11.6 Å². The second-order valence-electron chi connectivity index (χ2n) is 4.18. The van der Waals surface area contributed by atoms with Crippen LogP contribution < -0.4 is 5.32 Å². The fourth-order valence-corrected chi connectivity index (χ4v) is 2.44. The van der Waals surface area contributed by atoms with Crippen LogP contribution in [0.3, 0.4) is 0 Å². The summed E-state index contributed by atoms with van der Waals surface area (Å²) in [5.41, 5.74) is 0.384. The van der Waals surface area contributed by atoms with Gasteiger partial charge in [0.15, 0.2) is 5.17 Å². The first-order valence-corrected chi connectivity index (χ1v) is 6.94. The highest BCUT2D eigenvalue weighted by atomic mass is 32.2. The fourth-order valence-electron chi connectivity index (χ4n) is 1.98. The van der Waals surface area contributed by atoms with Gasteiger partial charge in [-0.2, -0.15) is 0 Å². The molecule has 0 saturated heterocycles. The summed E-state index contributed by atoms with van der Waals surface area (Å²) in [6.45, 7) is 1.59. The number of carboxylic acid groups (broad SMARTS) is 1. The van der Waals surface area contributed by atoms with Crippen LogP contribution in [0.4, 0.5) is 8.78 Å². The molecule has 7 heteroatoms. The van der Waals surface area contributed by atoms with Crippen LogP contribution in [0.25, 0.3) is 0 Å². The highest BCUT2D eigenvalue weighted by molar-refractivity contribution is 8.13. The van der Waals surface area contributed by atoms with E-state index in [0.717, 1.165) is 12.1 Å². The minimum Gasteiger partial charge on any atom is -0.478 e. The third kappa shape index (κ3) is 2.67. The number of hydrogen-bond donors (Lipinski definition) is 2. The summed E-state index contributed by atoms with van der Waals surface area (Å²) in [6.07, 6.45) is 1.77. The van der Waals surface area contributed by atoms with Crippen molar-refractivity contribution in [3.05, 3.63) is 46.7 Å². The van der Waals surface area contributed by atoms with E-state index >= 15 is 0 Å². The Morgan fingerprint density at radius 1 is 1.45 bits per heavy atom. The second kappa shape index (κ2) is 5.62. The summed E-state index contributed by atoms with van der Waals surface area (Å²) in [6, 6.07) is 2.04. The Morgan fingerprint density at radius 3 is 2.70 bits per heavy atom. The van der Waals surface area contributed by atoms with E-state index in [4.69, 9.17) is 0 Å². The lowest BCUT2D eigenvalue weighted by Gasteiger charge is -2.24. The standard InChI is InChI=1S/C13H12F2N2O2S/c1-6-10(12(18)19)11(17-13(16-6)20-2)8-4-3-7(14)5-9(8)15/h3-5,11H,1-2H3,(H,16,17)(H,18,19). The van der Waals surface area contributed by atoms with E-state index in [1.54, 1.807) is 13.2 Å². The Bertz CT molecular complexity index is 629. The van der Waals surface area contributed by atoms with E-state index in [1.165, 1.54) is 17.8 Å². The van der Waals surface area contributed by atoms with Crippen LogP contribution in [0.5, 0.6) is 0 Å². The zero-order valence-electron chi connectivity index (χ0n) is 10.8. The molecular formula is C13H12F2N2O2S. The molecular weight excluding hydrogens is 286 g/mol. The summed E-state index contributed by atoms with van der Waals surface area (Å²) in [5, 5.41) is 12.6. The monoisotopic (exact) mass is 298 g/mol. The summed E-state index contributed by atoms with van der Waals surface area (Å²) in [4.78, 5) is 15.5. The molecule has 1 aromatic rings. The van der Waals surface area contributed by atoms with Crippen molar-refractivity contribution in [3.8, 4) is 0 Å². The molecule has 0 amide bonds. The molecule has 1 atom stereocenters. The van der Waals surface area contributed by atoms with E-state index in [2.05, 4.69) is 10.3 Å². The first-order valence-electron chi connectivity index (χ1n) is 5.72. The highest BCUT2D eigenvalue weighted by Crippen LogP contribution is 2.33. The molecule has 106 valence electrons. The molecule has 0 radical (unpaired) electrons. The van der Waals surface area contributed by atoms with Crippen molar-refractivity contribution < 1.29 is 18.7 Å². The van der Waals surface area contributed by atoms with Gasteiger partial charge in [-0.3, -0.25) is 0 Å². The van der Waals surface area contributed by atoms with Gasteiger partial charge >= 0.3 is 5.97 Å². The fraction of sp³-hybridized carbons (Fsp3) is 0.231. The van der Waals surface area contributed by atoms with Crippen molar-refractivity contribution in [2.75, 3.05) is 6.26 Å². The summed E-state index contributed by atoms with van der Waals surface area (Å²) in [7, 11) is 0. The zero-order valence-corrected chi connectivity index (χ0v) is 11.6. The Labute approximate surface area is 118 Å². The number of aliphatic imine (C=N–C) groups is 1. The van der Waals surface area contributed by atoms with Gasteiger partial charge in [0, 0.05) is 17.3 Å². The third-order valence-electron chi connectivity index (χ3n) is 2.90. The van der Waals surface area contributed by atoms with Gasteiger partial charge in [0.25, 0.3) is 0 Å². The predicted molar refractivity (Wildman–Crippen MR) is 73.5 cm³/mol. The van der Waals surface area contributed by atoms with Crippen LogP contribution >= 0.6 is 11.8 Å². The van der Waals surface area contributed by atoms with Crippen molar-refractivity contribution in [2.45, 2.75) is 13.0 Å². The van der Waals surface area contributed by atoms with E-state index in [9.17, 15) is 18.7 Å². The molecule has 0 spiro atoms. The van der Waals surface area contributed by atoms with Gasteiger partial charge in [-0.25, -0.2) is 18.6 Å². The number of carbonyl (C=O) groups is 1. The number of rotatable bonds is 2. The average molecular weight is 298 g/mol. The molecule has 0 aliphatic carbocycles. The topological polar surface area (TPSA) is 61.7 Å². The SMILES string of the molecule is CSC1=NC(c2ccc(F)cc2F)C(C(=O)O)=C(C)N1. The molecule has 2 rings (SSSR count). The van der Waals surface area contributed by atoms with Crippen LogP contribution in [0.2, 0.25) is 0 Å². The first-order chi connectivity index (χ1) is 9.43. The molecule has 2 N–H and O–H groups in total. The van der Waals surface area contributed by atoms with E-state index in [0.29, 0.717) is 10.9 Å². The molecule has 1 aliphatic heterocycles. The maximum absolute atomic E-state index is 13.9. The number of nitrogens with zero attached hydrogens (tertiary/aromatic N) is 1. The number of amidine groups is 1. The number of nitrogens with one attached hydrogen (secondary N) is 1. The largest absolute Gasteiger partial charge is 0.478 e. The van der Waals surface area contributed by atoms with Crippen molar-refractivity contribution in [1.29, 1.82) is 0 Å². The Kier molecular flexibility index (Phi) is 4.08. The molecule has 4 nitrogen and oxygen atoms in total. The van der Waals surface area contributed by atoms with Gasteiger partial charge in [0.2, 0.25) is 0 Å². The minimum atomic E-state index is -1.19. The average Bonchev–Trinajstić information content (AvgIpc) is 2.37. The van der Waals surface area contributed by atoms with Gasteiger partial charge < -0.3 is 10.4 Å². The van der Waals surface area contributed by atoms with Crippen molar-refractivity contribution in [3.63, 3.8) is 0 Å². The highest BCUT2D eigenvalue weighted by Gasteiger charge is 2.30. The molecule has 0 aromatic heterocycles. The van der Waals surface area contributed by atoms with Crippen LogP contribution in [0.15, 0.2) is 34.5 Å². The molecule has 1 aromatic carbocycles. The number of thioether (sulfide) groups is 1. The second-order valence-corrected chi connectivity index (χ2v) is 4.97. The zero-order chi connectivity index (χ0) is 14.9. The Morgan fingerprint density at radius 2 is 2.15 bits per heavy atom. The molecule has 1 heterocycles. The first kappa shape index (κ1) is 14.5. The normalized spacial score (nSPS) is 18.6. The lowest BCUT2D eigenvalue weighted by molar-refractivity contribution is -0.133. The molecule has 1 aliphatic rings. The number of allylic oxidation sites excluding steroid dienone is 1. The lowest BCUT2D eigenvalue weighted by Crippen LogP contribution is -2.29. The molecule has 20 heavy (non-hydrogen) atoms. The van der Waals surface area contributed by atoms with Gasteiger partial charge in [-0.1, -0.05) is 17.8 Å². The molecule has 1 unspecified atom stereocenters. The van der Waals surface area contributed by atoms with Crippen molar-refractivity contribution in [1.82, 2.24) is 5.32 Å². The summed E-state index contributed by atoms with van der Waals surface area (Å²) < 4.78 is 26.8. The van der Waals surface area contributed by atoms with Crippen molar-refractivity contribution in [2.24, 2.45) is 4.99 Å². The quantitative estimate of drug-likeness (QED) is 0.881. The predicted octanol–water partition coefficient (Wildman–Crippen LogP) is 2.69. The van der Waals surface area contributed by atoms with Gasteiger partial charge in [-0.05, 0) is 19.2 Å². The molecule has 0 fully saturated rings. The van der Waals surface area contributed by atoms with E-state index in [-0.39, 0.29) is 11.1 Å². The smallest absolute Gasteiger partial charge is 0.335 e. The number of aliphatic carboxylic acids is 1. The van der Waals surface area contributed by atoms with Gasteiger partial charge in [0.1, 0.15) is 17.7 Å². The van der Waals surface area contributed by atoms with Gasteiger partial charge in [0.05, 0.1) is 5.57 Å². The summed E-state index contributed by atoms with van der Waals surface area (Å²) in [5.74, 6) is -2.72. The number of carboxylic acids is 1. The van der Waals surface area contributed by atoms with Crippen LogP contribution in [0.1, 0.15) is 18.5 Å². The summed E-state index contributed by atoms with van der Waals surface area (Å²) >= 11 is 1.29. The Hall–Kier alpha value is -1.89. The maximum atomic E-state index is 13.9. The molecule has 0 bridgehead atoms. The van der Waals surface area contributed by atoms with E-state index < -0.39 is 23.6 Å². The maximum Gasteiger partial charge on any atom is 0.335 e. The lowest BCUT2D eigenvalue weighted by atomic mass is 9.96. The van der Waals surface area contributed by atoms with E-state index in [1.807, 2.05) is 0 Å². The number of benzene rings is 1. The van der Waals surface area contributed by atoms with Gasteiger partial charge in [-0.15, -0.1) is 0 Å². The third-order valence-corrected chi connectivity index (χ3v) is 3.49.